The molecule has 0 saturated heterocycles. The number of benzene rings is 3. The molecule has 1 amide bonds. The van der Waals surface area contributed by atoms with E-state index in [0.29, 0.717) is 34.9 Å². The fourth-order valence-electron chi connectivity index (χ4n) is 3.07. The molecule has 31 heavy (non-hydrogen) atoms. The first kappa shape index (κ1) is 23.0. The summed E-state index contributed by atoms with van der Waals surface area (Å²) in [5.41, 5.74) is 2.57. The minimum absolute atomic E-state index is 0.187. The number of nitrogens with one attached hydrogen (secondary N) is 1. The first-order valence-corrected chi connectivity index (χ1v) is 11.3. The minimum atomic E-state index is -0.192. The number of carbonyl (C=O) groups excluding carboxylic acids is 2. The SMILES string of the molecule is CCc1ccc(OCCCC(=O)Nc2ccc(Cl)cc2C(=O)c2ccccc2)c(Br)c1. The van der Waals surface area contributed by atoms with Crippen molar-refractivity contribution in [1.82, 2.24) is 0 Å². The third-order valence-electron chi connectivity index (χ3n) is 4.75. The number of halogens is 2. The third kappa shape index (κ3) is 6.42. The number of hydrogen-bond donors (Lipinski definition) is 1. The van der Waals surface area contributed by atoms with Crippen LogP contribution in [0.4, 0.5) is 5.69 Å². The van der Waals surface area contributed by atoms with Gasteiger partial charge in [0.05, 0.1) is 16.8 Å². The Morgan fingerprint density at radius 1 is 1.03 bits per heavy atom. The van der Waals surface area contributed by atoms with Crippen LogP contribution in [0, 0.1) is 0 Å². The zero-order valence-electron chi connectivity index (χ0n) is 17.2. The zero-order chi connectivity index (χ0) is 22.2. The Morgan fingerprint density at radius 3 is 2.52 bits per heavy atom. The number of rotatable bonds is 9. The number of amides is 1. The van der Waals surface area contributed by atoms with Gasteiger partial charge in [0.1, 0.15) is 5.75 Å². The Morgan fingerprint density at radius 2 is 1.81 bits per heavy atom. The number of ether oxygens (including phenoxy) is 1. The second kappa shape index (κ2) is 11.1. The van der Waals surface area contributed by atoms with Gasteiger partial charge < -0.3 is 10.1 Å². The number of carbonyl (C=O) groups is 2. The Balaban J connectivity index is 1.58. The van der Waals surface area contributed by atoms with Crippen LogP contribution in [-0.4, -0.2) is 18.3 Å². The van der Waals surface area contributed by atoms with E-state index in [1.165, 1.54) is 5.56 Å². The maximum atomic E-state index is 12.9. The Kier molecular flexibility index (Phi) is 8.27. The van der Waals surface area contributed by atoms with Crippen LogP contribution in [0.1, 0.15) is 41.3 Å². The molecule has 0 aliphatic heterocycles. The molecular weight excluding hydrogens is 478 g/mol. The Hall–Kier alpha value is -2.63. The van der Waals surface area contributed by atoms with E-state index in [0.717, 1.165) is 16.6 Å². The van der Waals surface area contributed by atoms with Crippen LogP contribution < -0.4 is 10.1 Å². The molecule has 0 aliphatic rings. The molecule has 3 aromatic carbocycles. The van der Waals surface area contributed by atoms with Gasteiger partial charge in [-0.25, -0.2) is 0 Å². The van der Waals surface area contributed by atoms with Crippen molar-refractivity contribution in [3.63, 3.8) is 0 Å². The van der Waals surface area contributed by atoms with E-state index in [9.17, 15) is 9.59 Å². The maximum absolute atomic E-state index is 12.9. The first-order chi connectivity index (χ1) is 15.0. The van der Waals surface area contributed by atoms with Gasteiger partial charge >= 0.3 is 0 Å². The second-order valence-corrected chi connectivity index (χ2v) is 8.29. The van der Waals surface area contributed by atoms with E-state index < -0.39 is 0 Å². The lowest BCUT2D eigenvalue weighted by Crippen LogP contribution is -2.16. The highest BCUT2D eigenvalue weighted by Crippen LogP contribution is 2.27. The smallest absolute Gasteiger partial charge is 0.224 e. The number of ketones is 1. The topological polar surface area (TPSA) is 55.4 Å². The molecule has 0 aliphatic carbocycles. The van der Waals surface area contributed by atoms with Gasteiger partial charge in [0.15, 0.2) is 5.78 Å². The van der Waals surface area contributed by atoms with Crippen LogP contribution in [0.2, 0.25) is 5.02 Å². The van der Waals surface area contributed by atoms with Gasteiger partial charge in [-0.2, -0.15) is 0 Å². The molecule has 0 aromatic heterocycles. The summed E-state index contributed by atoms with van der Waals surface area (Å²) < 4.78 is 6.68. The molecule has 0 spiro atoms. The van der Waals surface area contributed by atoms with Gasteiger partial charge in [-0.3, -0.25) is 9.59 Å². The van der Waals surface area contributed by atoms with Crippen LogP contribution >= 0.6 is 27.5 Å². The first-order valence-electron chi connectivity index (χ1n) is 10.1. The molecule has 3 aromatic rings. The van der Waals surface area contributed by atoms with Gasteiger partial charge in [0.2, 0.25) is 5.91 Å². The summed E-state index contributed by atoms with van der Waals surface area (Å²) in [4.78, 5) is 25.3. The molecule has 4 nitrogen and oxygen atoms in total. The Bertz CT molecular complexity index is 1070. The van der Waals surface area contributed by atoms with Crippen molar-refractivity contribution in [2.24, 2.45) is 0 Å². The number of anilines is 1. The fraction of sp³-hybridized carbons (Fsp3) is 0.200. The molecule has 0 radical (unpaired) electrons. The lowest BCUT2D eigenvalue weighted by atomic mass is 10.0. The molecule has 1 N–H and O–H groups in total. The molecule has 0 fully saturated rings. The summed E-state index contributed by atoms with van der Waals surface area (Å²) in [5, 5.41) is 3.27. The summed E-state index contributed by atoms with van der Waals surface area (Å²) in [5.74, 6) is 0.376. The summed E-state index contributed by atoms with van der Waals surface area (Å²) in [6, 6.07) is 19.8. The van der Waals surface area contributed by atoms with Crippen molar-refractivity contribution in [2.75, 3.05) is 11.9 Å². The number of hydrogen-bond acceptors (Lipinski definition) is 3. The van der Waals surface area contributed by atoms with Gasteiger partial charge in [-0.1, -0.05) is 54.9 Å². The van der Waals surface area contributed by atoms with E-state index in [4.69, 9.17) is 16.3 Å². The molecule has 160 valence electrons. The van der Waals surface area contributed by atoms with Crippen molar-refractivity contribution in [3.05, 3.63) is 92.9 Å². The van der Waals surface area contributed by atoms with Gasteiger partial charge in [0.25, 0.3) is 0 Å². The molecule has 6 heteroatoms. The molecular formula is C25H23BrClNO3. The molecule has 3 rings (SSSR count). The normalized spacial score (nSPS) is 10.5. The van der Waals surface area contributed by atoms with E-state index >= 15 is 0 Å². The highest BCUT2D eigenvalue weighted by molar-refractivity contribution is 9.10. The monoisotopic (exact) mass is 499 g/mol. The predicted octanol–water partition coefficient (Wildman–Crippen LogP) is 6.69. The summed E-state index contributed by atoms with van der Waals surface area (Å²) in [6.45, 7) is 2.51. The van der Waals surface area contributed by atoms with Crippen molar-refractivity contribution < 1.29 is 14.3 Å². The summed E-state index contributed by atoms with van der Waals surface area (Å²) in [6.07, 6.45) is 1.77. The van der Waals surface area contributed by atoms with Crippen molar-refractivity contribution in [1.29, 1.82) is 0 Å². The molecule has 0 saturated carbocycles. The standard InChI is InChI=1S/C25H23BrClNO3/c1-2-17-10-13-23(21(26)15-17)31-14-6-9-24(29)28-22-12-11-19(27)16-20(22)25(30)18-7-4-3-5-8-18/h3-5,7-8,10-13,15-16H,2,6,9,14H2,1H3,(H,28,29). The quantitative estimate of drug-likeness (QED) is 0.263. The van der Waals surface area contributed by atoms with Crippen LogP contribution in [0.25, 0.3) is 0 Å². The van der Waals surface area contributed by atoms with Crippen molar-refractivity contribution in [3.8, 4) is 5.75 Å². The fourth-order valence-corrected chi connectivity index (χ4v) is 3.78. The van der Waals surface area contributed by atoms with E-state index in [2.05, 4.69) is 28.2 Å². The highest BCUT2D eigenvalue weighted by atomic mass is 79.9. The second-order valence-electron chi connectivity index (χ2n) is 7.00. The van der Waals surface area contributed by atoms with Crippen LogP contribution in [0.5, 0.6) is 5.75 Å². The zero-order valence-corrected chi connectivity index (χ0v) is 19.5. The van der Waals surface area contributed by atoms with Crippen molar-refractivity contribution in [2.45, 2.75) is 26.2 Å². The molecule has 0 bridgehead atoms. The minimum Gasteiger partial charge on any atom is -0.492 e. The average molecular weight is 501 g/mol. The molecule has 0 heterocycles. The largest absolute Gasteiger partial charge is 0.492 e. The van der Waals surface area contributed by atoms with Gasteiger partial charge in [-0.05, 0) is 64.7 Å². The molecule has 0 atom stereocenters. The average Bonchev–Trinajstić information content (AvgIpc) is 2.78. The van der Waals surface area contributed by atoms with Gasteiger partial charge in [0, 0.05) is 22.6 Å². The van der Waals surface area contributed by atoms with E-state index in [1.807, 2.05) is 24.3 Å². The van der Waals surface area contributed by atoms with Crippen molar-refractivity contribution >= 4 is 44.9 Å². The lowest BCUT2D eigenvalue weighted by Gasteiger charge is -2.12. The lowest BCUT2D eigenvalue weighted by molar-refractivity contribution is -0.116. The summed E-state index contributed by atoms with van der Waals surface area (Å²) >= 11 is 9.60. The predicted molar refractivity (Wildman–Crippen MR) is 128 cm³/mol. The van der Waals surface area contributed by atoms with Gasteiger partial charge in [-0.15, -0.1) is 0 Å². The maximum Gasteiger partial charge on any atom is 0.224 e. The summed E-state index contributed by atoms with van der Waals surface area (Å²) in [7, 11) is 0. The third-order valence-corrected chi connectivity index (χ3v) is 5.60. The highest BCUT2D eigenvalue weighted by Gasteiger charge is 2.16. The number of aryl methyl sites for hydroxylation is 1. The van der Waals surface area contributed by atoms with Crippen LogP contribution in [0.15, 0.2) is 71.2 Å². The van der Waals surface area contributed by atoms with E-state index in [-0.39, 0.29) is 18.1 Å². The van der Waals surface area contributed by atoms with E-state index in [1.54, 1.807) is 42.5 Å². The van der Waals surface area contributed by atoms with Crippen LogP contribution in [0.3, 0.4) is 0 Å². The van der Waals surface area contributed by atoms with Crippen LogP contribution in [-0.2, 0) is 11.2 Å². The molecule has 0 unspecified atom stereocenters. The Labute approximate surface area is 195 Å².